The van der Waals surface area contributed by atoms with Crippen molar-refractivity contribution in [3.63, 3.8) is 0 Å². The molecule has 60 valence electrons. The van der Waals surface area contributed by atoms with Crippen LogP contribution in [0.3, 0.4) is 0 Å². The van der Waals surface area contributed by atoms with Crippen LogP contribution < -0.4 is 0 Å². The minimum absolute atomic E-state index is 0.792. The van der Waals surface area contributed by atoms with Crippen LogP contribution in [-0.2, 0) is 0 Å². The standard InChI is InChI=1S/C4H2F6/c5-2(1-3(6)7)4(8,9)10/h1,3H/b2-1-. The van der Waals surface area contributed by atoms with Gasteiger partial charge in [0.15, 0.2) is 0 Å². The smallest absolute Gasteiger partial charge is 0.206 e. The lowest BCUT2D eigenvalue weighted by molar-refractivity contribution is -0.110. The minimum Gasteiger partial charge on any atom is -0.206 e. The molecule has 0 N–H and O–H groups in total. The van der Waals surface area contributed by atoms with Crippen molar-refractivity contribution in [1.29, 1.82) is 0 Å². The van der Waals surface area contributed by atoms with E-state index in [1.807, 2.05) is 0 Å². The zero-order valence-electron chi connectivity index (χ0n) is 4.42. The largest absolute Gasteiger partial charge is 0.442 e. The van der Waals surface area contributed by atoms with E-state index in [0.717, 1.165) is 0 Å². The van der Waals surface area contributed by atoms with Gasteiger partial charge in [-0.05, 0) is 0 Å². The third kappa shape index (κ3) is 3.37. The molecule has 0 amide bonds. The molecule has 0 bridgehead atoms. The summed E-state index contributed by atoms with van der Waals surface area (Å²) in [5, 5.41) is 0. The SMILES string of the molecule is F/C(=C\C(F)F)C(F)(F)F. The van der Waals surface area contributed by atoms with E-state index in [0.29, 0.717) is 0 Å². The normalized spacial score (nSPS) is 14.5. The van der Waals surface area contributed by atoms with E-state index in [9.17, 15) is 26.3 Å². The third-order valence-corrected chi connectivity index (χ3v) is 0.543. The van der Waals surface area contributed by atoms with Crippen LogP contribution in [-0.4, -0.2) is 12.6 Å². The van der Waals surface area contributed by atoms with Crippen LogP contribution >= 0.6 is 0 Å². The van der Waals surface area contributed by atoms with Gasteiger partial charge >= 0.3 is 6.18 Å². The first kappa shape index (κ1) is 9.32. The summed E-state index contributed by atoms with van der Waals surface area (Å²) in [6, 6.07) is 0. The topological polar surface area (TPSA) is 0 Å². The zero-order chi connectivity index (χ0) is 8.36. The molecule has 0 aromatic heterocycles. The summed E-state index contributed by atoms with van der Waals surface area (Å²) in [4.78, 5) is 0. The molecule has 0 rings (SSSR count). The monoisotopic (exact) mass is 164 g/mol. The van der Waals surface area contributed by atoms with E-state index in [1.165, 1.54) is 0 Å². The number of halogens is 6. The van der Waals surface area contributed by atoms with Crippen LogP contribution in [0.15, 0.2) is 11.9 Å². The van der Waals surface area contributed by atoms with Gasteiger partial charge in [-0.2, -0.15) is 13.2 Å². The maximum atomic E-state index is 11.4. The molecule has 0 nitrogen and oxygen atoms in total. The summed E-state index contributed by atoms with van der Waals surface area (Å²) in [5.41, 5.74) is 0. The lowest BCUT2D eigenvalue weighted by Crippen LogP contribution is -2.08. The number of rotatable bonds is 1. The molecule has 0 aliphatic carbocycles. The quantitative estimate of drug-likeness (QED) is 0.522. The molecule has 0 fully saturated rings. The molecule has 0 saturated carbocycles. The molecule has 0 aliphatic heterocycles. The molecule has 0 heterocycles. The van der Waals surface area contributed by atoms with Gasteiger partial charge in [0.25, 0.3) is 6.43 Å². The average Bonchev–Trinajstić information content (AvgIpc) is 1.60. The van der Waals surface area contributed by atoms with Crippen molar-refractivity contribution in [2.45, 2.75) is 12.6 Å². The second kappa shape index (κ2) is 2.94. The van der Waals surface area contributed by atoms with Gasteiger partial charge in [0.2, 0.25) is 5.83 Å². The fourth-order valence-corrected chi connectivity index (χ4v) is 0.205. The second-order valence-electron chi connectivity index (χ2n) is 1.35. The van der Waals surface area contributed by atoms with Gasteiger partial charge in [0.1, 0.15) is 0 Å². The van der Waals surface area contributed by atoms with Crippen molar-refractivity contribution in [3.8, 4) is 0 Å². The van der Waals surface area contributed by atoms with E-state index in [1.54, 1.807) is 0 Å². The minimum atomic E-state index is -5.30. The molecule has 10 heavy (non-hydrogen) atoms. The fourth-order valence-electron chi connectivity index (χ4n) is 0.205. The van der Waals surface area contributed by atoms with Crippen molar-refractivity contribution >= 4 is 0 Å². The molecule has 0 atom stereocenters. The molecule has 6 heteroatoms. The van der Waals surface area contributed by atoms with E-state index in [-0.39, 0.29) is 0 Å². The van der Waals surface area contributed by atoms with Gasteiger partial charge in [-0.3, -0.25) is 0 Å². The lowest BCUT2D eigenvalue weighted by atomic mass is 10.5. The summed E-state index contributed by atoms with van der Waals surface area (Å²) >= 11 is 0. The molecular weight excluding hydrogens is 162 g/mol. The highest BCUT2D eigenvalue weighted by atomic mass is 19.4. The first-order valence-corrected chi connectivity index (χ1v) is 2.06. The number of hydrogen-bond acceptors (Lipinski definition) is 0. The number of alkyl halides is 5. The van der Waals surface area contributed by atoms with Gasteiger partial charge in [-0.1, -0.05) is 0 Å². The average molecular weight is 164 g/mol. The van der Waals surface area contributed by atoms with Crippen LogP contribution in [0.2, 0.25) is 0 Å². The summed E-state index contributed by atoms with van der Waals surface area (Å²) in [5.74, 6) is -2.76. The Morgan fingerprint density at radius 1 is 1.20 bits per heavy atom. The Hall–Kier alpha value is -0.680. The Morgan fingerprint density at radius 3 is 1.70 bits per heavy atom. The molecule has 0 aliphatic rings. The van der Waals surface area contributed by atoms with Crippen LogP contribution in [0.25, 0.3) is 0 Å². The van der Waals surface area contributed by atoms with Crippen molar-refractivity contribution in [3.05, 3.63) is 11.9 Å². The van der Waals surface area contributed by atoms with E-state index >= 15 is 0 Å². The summed E-state index contributed by atoms with van der Waals surface area (Å²) in [6.45, 7) is 0. The Labute approximate surface area is 52.1 Å². The van der Waals surface area contributed by atoms with Crippen LogP contribution in [0, 0.1) is 0 Å². The summed E-state index contributed by atoms with van der Waals surface area (Å²) in [6.07, 6.45) is -9.50. The highest BCUT2D eigenvalue weighted by molar-refractivity contribution is 5.00. The zero-order valence-corrected chi connectivity index (χ0v) is 4.42. The number of hydrogen-bond donors (Lipinski definition) is 0. The van der Waals surface area contributed by atoms with Crippen molar-refractivity contribution in [2.24, 2.45) is 0 Å². The Morgan fingerprint density at radius 2 is 1.60 bits per heavy atom. The van der Waals surface area contributed by atoms with E-state index < -0.39 is 24.5 Å². The Balaban J connectivity index is 4.20. The molecule has 0 aromatic rings. The highest BCUT2D eigenvalue weighted by Gasteiger charge is 2.35. The Kier molecular flexibility index (Phi) is 2.74. The van der Waals surface area contributed by atoms with Crippen LogP contribution in [0.1, 0.15) is 0 Å². The summed E-state index contributed by atoms with van der Waals surface area (Å²) < 4.78 is 66.5. The van der Waals surface area contributed by atoms with E-state index in [2.05, 4.69) is 0 Å². The van der Waals surface area contributed by atoms with Crippen LogP contribution in [0.5, 0.6) is 0 Å². The lowest BCUT2D eigenvalue weighted by Gasteiger charge is -2.00. The van der Waals surface area contributed by atoms with Gasteiger partial charge in [-0.15, -0.1) is 0 Å². The van der Waals surface area contributed by atoms with Crippen molar-refractivity contribution in [1.82, 2.24) is 0 Å². The molecule has 0 aromatic carbocycles. The first-order chi connectivity index (χ1) is 4.34. The maximum absolute atomic E-state index is 11.4. The van der Waals surface area contributed by atoms with Crippen molar-refractivity contribution in [2.75, 3.05) is 0 Å². The highest BCUT2D eigenvalue weighted by Crippen LogP contribution is 2.26. The Bertz CT molecular complexity index is 131. The van der Waals surface area contributed by atoms with Crippen LogP contribution in [0.4, 0.5) is 26.3 Å². The predicted molar refractivity (Wildman–Crippen MR) is 21.2 cm³/mol. The van der Waals surface area contributed by atoms with Gasteiger partial charge in [-0.25, -0.2) is 13.2 Å². The second-order valence-corrected chi connectivity index (χ2v) is 1.35. The van der Waals surface area contributed by atoms with Gasteiger partial charge in [0, 0.05) is 6.08 Å². The predicted octanol–water partition coefficient (Wildman–Crippen LogP) is 2.67. The summed E-state index contributed by atoms with van der Waals surface area (Å²) in [7, 11) is 0. The van der Waals surface area contributed by atoms with E-state index in [4.69, 9.17) is 0 Å². The molecule has 0 unspecified atom stereocenters. The first-order valence-electron chi connectivity index (χ1n) is 2.06. The van der Waals surface area contributed by atoms with Gasteiger partial charge in [0.05, 0.1) is 0 Å². The molecule has 0 radical (unpaired) electrons. The number of allylic oxidation sites excluding steroid dienone is 2. The van der Waals surface area contributed by atoms with Crippen molar-refractivity contribution < 1.29 is 26.3 Å². The maximum Gasteiger partial charge on any atom is 0.442 e. The van der Waals surface area contributed by atoms with Gasteiger partial charge < -0.3 is 0 Å². The third-order valence-electron chi connectivity index (χ3n) is 0.543. The molecule has 0 spiro atoms. The molecular formula is C4H2F6. The molecule has 0 saturated heterocycles. The fraction of sp³-hybridized carbons (Fsp3) is 0.500.